The molecule has 2 heterocycles. The van der Waals surface area contributed by atoms with Gasteiger partial charge in [-0.3, -0.25) is 14.4 Å². The number of amides is 1. The molecule has 4 aromatic rings. The van der Waals surface area contributed by atoms with E-state index in [-0.39, 0.29) is 23.8 Å². The van der Waals surface area contributed by atoms with Crippen LogP contribution in [-0.4, -0.2) is 21.2 Å². The van der Waals surface area contributed by atoms with Crippen LogP contribution in [0.2, 0.25) is 0 Å². The lowest BCUT2D eigenvalue weighted by atomic mass is 10.0. The lowest BCUT2D eigenvalue weighted by molar-refractivity contribution is -0.116. The first kappa shape index (κ1) is 22.1. The number of aryl methyl sites for hydroxylation is 3. The van der Waals surface area contributed by atoms with E-state index < -0.39 is 5.43 Å². The van der Waals surface area contributed by atoms with Gasteiger partial charge < -0.3 is 9.88 Å². The van der Waals surface area contributed by atoms with E-state index in [2.05, 4.69) is 10.3 Å². The van der Waals surface area contributed by atoms with Crippen LogP contribution in [0.15, 0.2) is 71.7 Å². The number of pyridine rings is 2. The highest BCUT2D eigenvalue weighted by Gasteiger charge is 2.19. The van der Waals surface area contributed by atoms with Crippen molar-refractivity contribution in [3.63, 3.8) is 0 Å². The van der Waals surface area contributed by atoms with Gasteiger partial charge in [0.2, 0.25) is 11.3 Å². The van der Waals surface area contributed by atoms with E-state index >= 15 is 0 Å². The number of benzene rings is 2. The molecule has 6 nitrogen and oxygen atoms in total. The summed E-state index contributed by atoms with van der Waals surface area (Å²) in [6.45, 7) is 5.71. The average molecular weight is 440 g/mol. The van der Waals surface area contributed by atoms with Crippen LogP contribution in [-0.2, 0) is 17.8 Å². The fourth-order valence-corrected chi connectivity index (χ4v) is 3.77. The molecule has 0 spiro atoms. The molecule has 0 aliphatic heterocycles. The minimum Gasteiger partial charge on any atom is -0.325 e. The Kier molecular flexibility index (Phi) is 6.18. The van der Waals surface area contributed by atoms with E-state index in [0.29, 0.717) is 28.0 Å². The van der Waals surface area contributed by atoms with Crippen LogP contribution in [0.3, 0.4) is 0 Å². The number of rotatable bonds is 6. The maximum Gasteiger partial charge on any atom is 0.244 e. The van der Waals surface area contributed by atoms with Crippen molar-refractivity contribution in [2.75, 3.05) is 5.32 Å². The molecule has 0 aliphatic carbocycles. The molecule has 2 aromatic carbocycles. The van der Waals surface area contributed by atoms with Crippen molar-refractivity contribution in [2.24, 2.45) is 0 Å². The van der Waals surface area contributed by atoms with Gasteiger partial charge in [-0.25, -0.2) is 4.98 Å². The van der Waals surface area contributed by atoms with Crippen molar-refractivity contribution in [3.05, 3.63) is 105 Å². The number of carbonyl (C=O) groups excluding carboxylic acids is 2. The number of nitrogens with zero attached hydrogens (tertiary/aromatic N) is 2. The second kappa shape index (κ2) is 9.20. The van der Waals surface area contributed by atoms with Gasteiger partial charge >= 0.3 is 0 Å². The molecule has 33 heavy (non-hydrogen) atoms. The van der Waals surface area contributed by atoms with Gasteiger partial charge in [0, 0.05) is 23.1 Å². The van der Waals surface area contributed by atoms with Crippen LogP contribution >= 0.6 is 0 Å². The molecule has 4 rings (SSSR count). The Balaban J connectivity index is 1.75. The summed E-state index contributed by atoms with van der Waals surface area (Å²) in [4.78, 5) is 43.7. The van der Waals surface area contributed by atoms with Gasteiger partial charge in [-0.05, 0) is 55.7 Å². The summed E-state index contributed by atoms with van der Waals surface area (Å²) in [6.07, 6.45) is 2.31. The number of hydrogen-bond acceptors (Lipinski definition) is 4. The van der Waals surface area contributed by atoms with Gasteiger partial charge in [-0.1, -0.05) is 43.3 Å². The summed E-state index contributed by atoms with van der Waals surface area (Å²) < 4.78 is 1.57. The van der Waals surface area contributed by atoms with Crippen LogP contribution in [0.25, 0.3) is 11.0 Å². The molecule has 0 saturated heterocycles. The van der Waals surface area contributed by atoms with Crippen molar-refractivity contribution in [1.82, 2.24) is 9.55 Å². The van der Waals surface area contributed by atoms with E-state index in [1.807, 2.05) is 57.2 Å². The standard InChI is InChI=1S/C27H25N3O3/c1-4-19-9-11-20(12-10-19)25(32)23-15-30(27-22(26(23)33)13-8-18(3)28-27)16-24(31)29-21-7-5-6-17(2)14-21/h5-15H,4,16H2,1-3H3,(H,29,31). The Bertz CT molecular complexity index is 1420. The number of aromatic nitrogens is 2. The van der Waals surface area contributed by atoms with Gasteiger partial charge in [0.05, 0.1) is 10.9 Å². The van der Waals surface area contributed by atoms with Crippen molar-refractivity contribution >= 4 is 28.4 Å². The number of carbonyl (C=O) groups is 2. The third kappa shape index (κ3) is 4.75. The molecule has 0 bridgehead atoms. The largest absolute Gasteiger partial charge is 0.325 e. The molecule has 1 amide bonds. The summed E-state index contributed by atoms with van der Waals surface area (Å²) in [5.74, 6) is -0.655. The molecule has 0 saturated carbocycles. The van der Waals surface area contributed by atoms with Crippen molar-refractivity contribution in [3.8, 4) is 0 Å². The monoisotopic (exact) mass is 439 g/mol. The lowest BCUT2D eigenvalue weighted by Crippen LogP contribution is -2.25. The summed E-state index contributed by atoms with van der Waals surface area (Å²) in [7, 11) is 0. The van der Waals surface area contributed by atoms with Gasteiger partial charge in [0.15, 0.2) is 5.78 Å². The van der Waals surface area contributed by atoms with Gasteiger partial charge in [-0.2, -0.15) is 0 Å². The Morgan fingerprint density at radius 1 is 1.00 bits per heavy atom. The van der Waals surface area contributed by atoms with Crippen LogP contribution in [0.1, 0.15) is 39.7 Å². The van der Waals surface area contributed by atoms with Crippen molar-refractivity contribution < 1.29 is 9.59 Å². The van der Waals surface area contributed by atoms with Gasteiger partial charge in [-0.15, -0.1) is 0 Å². The molecule has 0 radical (unpaired) electrons. The zero-order chi connectivity index (χ0) is 23.5. The second-order valence-electron chi connectivity index (χ2n) is 8.12. The number of fused-ring (bicyclic) bond motifs is 1. The van der Waals surface area contributed by atoms with Crippen molar-refractivity contribution in [2.45, 2.75) is 33.7 Å². The minimum absolute atomic E-state index is 0.0146. The Morgan fingerprint density at radius 3 is 2.45 bits per heavy atom. The highest BCUT2D eigenvalue weighted by atomic mass is 16.2. The number of hydrogen-bond donors (Lipinski definition) is 1. The molecule has 2 aromatic heterocycles. The van der Waals surface area contributed by atoms with E-state index in [1.165, 1.54) is 6.20 Å². The third-order valence-corrected chi connectivity index (χ3v) is 5.55. The quantitative estimate of drug-likeness (QED) is 0.450. The zero-order valence-corrected chi connectivity index (χ0v) is 18.9. The first-order valence-electron chi connectivity index (χ1n) is 10.9. The summed E-state index contributed by atoms with van der Waals surface area (Å²) in [5, 5.41) is 3.17. The van der Waals surface area contributed by atoms with Crippen LogP contribution in [0, 0.1) is 13.8 Å². The molecule has 0 atom stereocenters. The average Bonchev–Trinajstić information content (AvgIpc) is 2.80. The summed E-state index contributed by atoms with van der Waals surface area (Å²) in [5.41, 5.74) is 3.96. The molecule has 6 heteroatoms. The maximum absolute atomic E-state index is 13.2. The second-order valence-corrected chi connectivity index (χ2v) is 8.12. The van der Waals surface area contributed by atoms with E-state index in [9.17, 15) is 14.4 Å². The molecule has 0 aliphatic rings. The zero-order valence-electron chi connectivity index (χ0n) is 18.9. The van der Waals surface area contributed by atoms with Gasteiger partial charge in [0.25, 0.3) is 0 Å². The predicted octanol–water partition coefficient (Wildman–Crippen LogP) is 4.45. The molecule has 1 N–H and O–H groups in total. The van der Waals surface area contributed by atoms with Crippen LogP contribution in [0.5, 0.6) is 0 Å². The first-order chi connectivity index (χ1) is 15.9. The Morgan fingerprint density at radius 2 is 1.76 bits per heavy atom. The molecule has 0 fully saturated rings. The summed E-state index contributed by atoms with van der Waals surface area (Å²) >= 11 is 0. The van der Waals surface area contributed by atoms with E-state index in [0.717, 1.165) is 17.5 Å². The molecular formula is C27H25N3O3. The normalized spacial score (nSPS) is 10.9. The van der Waals surface area contributed by atoms with Crippen LogP contribution < -0.4 is 10.7 Å². The number of ketones is 1. The third-order valence-electron chi connectivity index (χ3n) is 5.55. The molecule has 0 unspecified atom stereocenters. The molecular weight excluding hydrogens is 414 g/mol. The highest BCUT2D eigenvalue weighted by Crippen LogP contribution is 2.16. The smallest absolute Gasteiger partial charge is 0.244 e. The van der Waals surface area contributed by atoms with E-state index in [1.54, 1.807) is 28.8 Å². The summed E-state index contributed by atoms with van der Waals surface area (Å²) in [6, 6.07) is 18.1. The lowest BCUT2D eigenvalue weighted by Gasteiger charge is -2.13. The number of nitrogens with one attached hydrogen (secondary N) is 1. The maximum atomic E-state index is 13.2. The Hall–Kier alpha value is -4.06. The van der Waals surface area contributed by atoms with Crippen LogP contribution in [0.4, 0.5) is 5.69 Å². The number of anilines is 1. The highest BCUT2D eigenvalue weighted by molar-refractivity contribution is 6.10. The van der Waals surface area contributed by atoms with Gasteiger partial charge in [0.1, 0.15) is 12.2 Å². The predicted molar refractivity (Wildman–Crippen MR) is 130 cm³/mol. The van der Waals surface area contributed by atoms with E-state index in [4.69, 9.17) is 0 Å². The molecule has 166 valence electrons. The first-order valence-corrected chi connectivity index (χ1v) is 10.9. The topological polar surface area (TPSA) is 81.1 Å². The fraction of sp³-hybridized carbons (Fsp3) is 0.185. The Labute approximate surface area is 191 Å². The van der Waals surface area contributed by atoms with Crippen molar-refractivity contribution in [1.29, 1.82) is 0 Å². The minimum atomic E-state index is -0.391. The SMILES string of the molecule is CCc1ccc(C(=O)c2cn(CC(=O)Nc3cccc(C)c3)c3nc(C)ccc3c2=O)cc1. The fourth-order valence-electron chi connectivity index (χ4n) is 3.77.